The number of methoxy groups -OCH3 is 1. The zero-order valence-corrected chi connectivity index (χ0v) is 16.7. The first kappa shape index (κ1) is 19.3. The fourth-order valence-electron chi connectivity index (χ4n) is 2.33. The Hall–Kier alpha value is -2.05. The predicted molar refractivity (Wildman–Crippen MR) is 94.9 cm³/mol. The molecule has 0 bridgehead atoms. The van der Waals surface area contributed by atoms with Crippen molar-refractivity contribution in [2.24, 2.45) is 0 Å². The molecule has 0 amide bonds. The zero-order chi connectivity index (χ0) is 16.9. The van der Waals surface area contributed by atoms with Gasteiger partial charge in [-0.25, -0.2) is 4.57 Å². The summed E-state index contributed by atoms with van der Waals surface area (Å²) in [6, 6.07) is 17.0. The molecule has 3 aromatic rings. The van der Waals surface area contributed by atoms with Crippen molar-refractivity contribution in [2.75, 3.05) is 7.11 Å². The Morgan fingerprint density at radius 3 is 2.52 bits per heavy atom. The molecule has 0 aliphatic heterocycles. The van der Waals surface area contributed by atoms with Crippen LogP contribution in [0.2, 0.25) is 0 Å². The molecule has 4 nitrogen and oxygen atoms in total. The molecule has 2 aromatic carbocycles. The van der Waals surface area contributed by atoms with E-state index < -0.39 is 0 Å². The third kappa shape index (κ3) is 4.96. The molecular weight excluding hydrogens is 448 g/mol. The number of carbonyl (C=O) groups is 1. The number of hydrogen-bond donors (Lipinski definition) is 0. The molecule has 0 saturated carbocycles. The molecule has 0 radical (unpaired) electrons. The first-order valence-corrected chi connectivity index (χ1v) is 8.23. The first-order valence-electron chi connectivity index (χ1n) is 7.44. The molecule has 0 fully saturated rings. The first-order chi connectivity index (χ1) is 11.7. The van der Waals surface area contributed by atoms with Crippen molar-refractivity contribution in [1.29, 1.82) is 0 Å². The predicted octanol–water partition coefficient (Wildman–Crippen LogP) is 0.694. The summed E-state index contributed by atoms with van der Waals surface area (Å²) >= 11 is 3.46. The topological polar surface area (TPSA) is 43.1 Å². The molecule has 0 aliphatic rings. The molecule has 1 heterocycles. The fraction of sp³-hybridized carbons (Fsp3) is 0.105. The number of ketones is 1. The number of nitrogens with zero attached hydrogens (tertiary/aromatic N) is 2. The number of aromatic nitrogens is 2. The smallest absolute Gasteiger partial charge is 0.287 e. The van der Waals surface area contributed by atoms with Crippen molar-refractivity contribution in [2.45, 2.75) is 6.54 Å². The number of halogens is 2. The molecule has 0 aliphatic carbocycles. The third-order valence-corrected chi connectivity index (χ3v) is 4.12. The second kappa shape index (κ2) is 8.87. The number of rotatable bonds is 5. The van der Waals surface area contributed by atoms with E-state index in [2.05, 4.69) is 20.9 Å². The fourth-order valence-corrected chi connectivity index (χ4v) is 2.73. The minimum atomic E-state index is 0. The zero-order valence-electron chi connectivity index (χ0n) is 13.5. The van der Waals surface area contributed by atoms with Crippen LogP contribution < -0.4 is 26.3 Å². The summed E-state index contributed by atoms with van der Waals surface area (Å²) in [5, 5.41) is 0. The number of Topliss-reactive ketones (excluding diaryl/α,β-unsaturated/α-hetero) is 1. The second-order valence-electron chi connectivity index (χ2n) is 5.28. The van der Waals surface area contributed by atoms with Crippen LogP contribution in [0.5, 0.6) is 5.75 Å². The van der Waals surface area contributed by atoms with Gasteiger partial charge in [0.05, 0.1) is 13.3 Å². The lowest BCUT2D eigenvalue weighted by Crippen LogP contribution is -3.00. The maximum atomic E-state index is 12.3. The van der Waals surface area contributed by atoms with E-state index >= 15 is 0 Å². The molecule has 0 N–H and O–H groups in total. The molecule has 0 atom stereocenters. The molecule has 6 heteroatoms. The Kier molecular flexibility index (Phi) is 6.84. The minimum absolute atomic E-state index is 0. The summed E-state index contributed by atoms with van der Waals surface area (Å²) in [6.07, 6.45) is 3.54. The van der Waals surface area contributed by atoms with Crippen LogP contribution in [-0.2, 0) is 6.54 Å². The molecule has 0 saturated heterocycles. The van der Waals surface area contributed by atoms with Crippen LogP contribution in [0, 0.1) is 0 Å². The van der Waals surface area contributed by atoms with Gasteiger partial charge in [0.25, 0.3) is 6.33 Å². The van der Waals surface area contributed by atoms with Crippen molar-refractivity contribution in [1.82, 2.24) is 4.98 Å². The van der Waals surface area contributed by atoms with Gasteiger partial charge in [0.1, 0.15) is 5.75 Å². The Bertz CT molecular complexity index is 850. The average molecular weight is 464 g/mol. The number of ether oxygens (including phenoxy) is 1. The molecule has 0 unspecified atom stereocenters. The van der Waals surface area contributed by atoms with E-state index in [1.54, 1.807) is 42.3 Å². The van der Waals surface area contributed by atoms with Crippen LogP contribution in [-0.4, -0.2) is 17.9 Å². The van der Waals surface area contributed by atoms with Gasteiger partial charge in [-0.05, 0) is 41.4 Å². The Morgan fingerprint density at radius 1 is 1.16 bits per heavy atom. The molecular formula is C19H16Br2N2O2. The summed E-state index contributed by atoms with van der Waals surface area (Å²) in [5.41, 5.74) is 2.54. The van der Waals surface area contributed by atoms with E-state index in [4.69, 9.17) is 4.74 Å². The quantitative estimate of drug-likeness (QED) is 0.413. The molecule has 0 spiro atoms. The highest BCUT2D eigenvalue weighted by molar-refractivity contribution is 9.10. The lowest BCUT2D eigenvalue weighted by Gasteiger charge is -2.03. The van der Waals surface area contributed by atoms with E-state index in [1.807, 2.05) is 36.5 Å². The van der Waals surface area contributed by atoms with Gasteiger partial charge in [-0.1, -0.05) is 28.1 Å². The van der Waals surface area contributed by atoms with Crippen LogP contribution in [0.15, 0.2) is 71.6 Å². The molecule has 128 valence electrons. The van der Waals surface area contributed by atoms with E-state index in [1.165, 1.54) is 0 Å². The largest absolute Gasteiger partial charge is 1.00 e. The number of carbonyl (C=O) groups excluding carboxylic acids is 1. The highest BCUT2D eigenvalue weighted by atomic mass is 79.9. The summed E-state index contributed by atoms with van der Waals surface area (Å²) < 4.78 is 7.88. The van der Waals surface area contributed by atoms with Gasteiger partial charge in [0, 0.05) is 21.7 Å². The summed E-state index contributed by atoms with van der Waals surface area (Å²) in [5.74, 6) is 0.763. The van der Waals surface area contributed by atoms with Gasteiger partial charge >= 0.3 is 0 Å². The second-order valence-corrected chi connectivity index (χ2v) is 6.20. The van der Waals surface area contributed by atoms with E-state index in [9.17, 15) is 4.79 Å². The van der Waals surface area contributed by atoms with Crippen LogP contribution in [0.4, 0.5) is 0 Å². The number of benzene rings is 2. The standard InChI is InChI=1S/C19H16BrN2O2.BrH/c1-24-17-7-5-14(6-8-17)19(23)12-22-10-9-18(21-13-22)15-3-2-4-16(20)11-15;/h2-11,13H,12H2,1H3;1H/q+1;/p-1. The van der Waals surface area contributed by atoms with Crippen molar-refractivity contribution in [3.63, 3.8) is 0 Å². The maximum absolute atomic E-state index is 12.3. The Balaban J connectivity index is 0.00000225. The highest BCUT2D eigenvalue weighted by Crippen LogP contribution is 2.20. The Morgan fingerprint density at radius 2 is 1.92 bits per heavy atom. The van der Waals surface area contributed by atoms with Gasteiger partial charge in [-0.15, -0.1) is 0 Å². The highest BCUT2D eigenvalue weighted by Gasteiger charge is 2.12. The Labute approximate surface area is 165 Å². The van der Waals surface area contributed by atoms with Crippen LogP contribution >= 0.6 is 15.9 Å². The lowest BCUT2D eigenvalue weighted by molar-refractivity contribution is -0.686. The monoisotopic (exact) mass is 462 g/mol. The van der Waals surface area contributed by atoms with E-state index in [0.717, 1.165) is 21.5 Å². The normalized spacial score (nSPS) is 10.0. The van der Waals surface area contributed by atoms with Crippen LogP contribution in [0.1, 0.15) is 10.4 Å². The van der Waals surface area contributed by atoms with E-state index in [0.29, 0.717) is 5.56 Å². The molecule has 25 heavy (non-hydrogen) atoms. The van der Waals surface area contributed by atoms with Crippen molar-refractivity contribution < 1.29 is 31.1 Å². The number of hydrogen-bond acceptors (Lipinski definition) is 3. The maximum Gasteiger partial charge on any atom is 0.287 e. The van der Waals surface area contributed by atoms with Gasteiger partial charge in [-0.2, -0.15) is 0 Å². The van der Waals surface area contributed by atoms with Gasteiger partial charge < -0.3 is 21.7 Å². The van der Waals surface area contributed by atoms with Crippen molar-refractivity contribution >= 4 is 21.7 Å². The van der Waals surface area contributed by atoms with Crippen LogP contribution in [0.3, 0.4) is 0 Å². The third-order valence-electron chi connectivity index (χ3n) is 3.63. The lowest BCUT2D eigenvalue weighted by atomic mass is 10.1. The van der Waals surface area contributed by atoms with Gasteiger partial charge in [0.15, 0.2) is 12.2 Å². The van der Waals surface area contributed by atoms with Crippen LogP contribution in [0.25, 0.3) is 11.3 Å². The average Bonchev–Trinajstić information content (AvgIpc) is 2.62. The van der Waals surface area contributed by atoms with Gasteiger partial charge in [-0.3, -0.25) is 4.79 Å². The summed E-state index contributed by atoms with van der Waals surface area (Å²) in [6.45, 7) is 0.248. The molecule has 3 rings (SSSR count). The summed E-state index contributed by atoms with van der Waals surface area (Å²) in [7, 11) is 1.60. The SMILES string of the molecule is COc1ccc(C(=O)C[n+]2ccc(-c3cccc(Br)c3)nc2)cc1.[Br-]. The van der Waals surface area contributed by atoms with Crippen molar-refractivity contribution in [3.8, 4) is 17.0 Å². The van der Waals surface area contributed by atoms with Gasteiger partial charge in [0.2, 0.25) is 5.78 Å². The summed E-state index contributed by atoms with van der Waals surface area (Å²) in [4.78, 5) is 16.8. The van der Waals surface area contributed by atoms with Crippen molar-refractivity contribution in [3.05, 3.63) is 77.2 Å². The molecule has 1 aromatic heterocycles. The minimum Gasteiger partial charge on any atom is -1.00 e. The van der Waals surface area contributed by atoms with E-state index in [-0.39, 0.29) is 29.3 Å².